The molecule has 1 N–H and O–H groups in total. The quantitative estimate of drug-likeness (QED) is 0.751. The van der Waals surface area contributed by atoms with Crippen LogP contribution >= 0.6 is 23.2 Å². The maximum absolute atomic E-state index is 6.31. The molecule has 1 aromatic carbocycles. The fourth-order valence-corrected chi connectivity index (χ4v) is 2.44. The summed E-state index contributed by atoms with van der Waals surface area (Å²) >= 11 is 12.5. The van der Waals surface area contributed by atoms with E-state index in [0.717, 1.165) is 37.7 Å². The molecule has 0 saturated heterocycles. The number of benzene rings is 1. The molecular weight excluding hydrogens is 309 g/mol. The minimum absolute atomic E-state index is 0.578. The maximum Gasteiger partial charge on any atom is 0.207 e. The number of nitrogens with one attached hydrogen (secondary N) is 1. The molecule has 2 rings (SSSR count). The molecule has 0 radical (unpaired) electrons. The third-order valence-electron chi connectivity index (χ3n) is 3.13. The maximum atomic E-state index is 6.31. The van der Waals surface area contributed by atoms with E-state index in [4.69, 9.17) is 27.9 Å². The number of aromatic nitrogens is 2. The summed E-state index contributed by atoms with van der Waals surface area (Å²) in [5, 5.41) is 4.41. The number of halogens is 2. The normalized spacial score (nSPS) is 10.9. The summed E-state index contributed by atoms with van der Waals surface area (Å²) < 4.78 is 7.37. The summed E-state index contributed by atoms with van der Waals surface area (Å²) in [5.74, 6) is 0.723. The molecule has 0 unspecified atom stereocenters. The Morgan fingerprint density at radius 1 is 1.33 bits per heavy atom. The highest BCUT2D eigenvalue weighted by Gasteiger charge is 2.11. The second kappa shape index (κ2) is 7.69. The van der Waals surface area contributed by atoms with E-state index in [1.54, 1.807) is 6.20 Å². The highest BCUT2D eigenvalue weighted by atomic mass is 35.5. The van der Waals surface area contributed by atoms with Gasteiger partial charge in [0.2, 0.25) is 5.95 Å². The molecule has 4 nitrogen and oxygen atoms in total. The lowest BCUT2D eigenvalue weighted by Crippen LogP contribution is -2.06. The molecule has 6 heteroatoms. The molecule has 0 spiro atoms. The van der Waals surface area contributed by atoms with Crippen LogP contribution in [0.2, 0.25) is 10.0 Å². The summed E-state index contributed by atoms with van der Waals surface area (Å²) in [6.07, 6.45) is 4.60. The molecule has 1 heterocycles. The molecule has 2 aromatic rings. The number of hydrogen-bond acceptors (Lipinski definition) is 3. The molecule has 21 heavy (non-hydrogen) atoms. The molecule has 114 valence electrons. The van der Waals surface area contributed by atoms with Crippen molar-refractivity contribution in [2.24, 2.45) is 0 Å². The van der Waals surface area contributed by atoms with Gasteiger partial charge in [-0.1, -0.05) is 29.3 Å². The first-order valence-corrected chi connectivity index (χ1v) is 7.69. The molecule has 0 atom stereocenters. The lowest BCUT2D eigenvalue weighted by atomic mass is 10.2. The summed E-state index contributed by atoms with van der Waals surface area (Å²) in [5.41, 5.74) is 1.66. The predicted molar refractivity (Wildman–Crippen MR) is 87.8 cm³/mol. The van der Waals surface area contributed by atoms with E-state index < -0.39 is 0 Å². The zero-order chi connectivity index (χ0) is 15.2. The SMILES string of the molecule is CCOCCCn1ccnc1Nc1c(Cl)ccc(C)c1Cl. The van der Waals surface area contributed by atoms with Crippen molar-refractivity contribution in [3.63, 3.8) is 0 Å². The van der Waals surface area contributed by atoms with Gasteiger partial charge < -0.3 is 14.6 Å². The van der Waals surface area contributed by atoms with Crippen LogP contribution in [0.4, 0.5) is 11.6 Å². The van der Waals surface area contributed by atoms with Gasteiger partial charge >= 0.3 is 0 Å². The van der Waals surface area contributed by atoms with Crippen molar-refractivity contribution in [3.05, 3.63) is 40.1 Å². The van der Waals surface area contributed by atoms with E-state index in [-0.39, 0.29) is 0 Å². The van der Waals surface area contributed by atoms with Crippen LogP contribution in [0, 0.1) is 6.92 Å². The Morgan fingerprint density at radius 2 is 2.14 bits per heavy atom. The summed E-state index contributed by atoms with van der Waals surface area (Å²) in [4.78, 5) is 4.32. The third-order valence-corrected chi connectivity index (χ3v) is 3.93. The van der Waals surface area contributed by atoms with Crippen LogP contribution in [-0.4, -0.2) is 22.8 Å². The summed E-state index contributed by atoms with van der Waals surface area (Å²) in [6.45, 7) is 6.23. The number of rotatable bonds is 7. The number of anilines is 2. The molecule has 0 aliphatic heterocycles. The Morgan fingerprint density at radius 3 is 2.90 bits per heavy atom. The van der Waals surface area contributed by atoms with Crippen molar-refractivity contribution >= 4 is 34.8 Å². The number of ether oxygens (including phenoxy) is 1. The van der Waals surface area contributed by atoms with Crippen molar-refractivity contribution in [1.82, 2.24) is 9.55 Å². The van der Waals surface area contributed by atoms with Crippen LogP contribution in [0.15, 0.2) is 24.5 Å². The average molecular weight is 328 g/mol. The van der Waals surface area contributed by atoms with Crippen LogP contribution in [0.3, 0.4) is 0 Å². The van der Waals surface area contributed by atoms with E-state index in [1.807, 2.05) is 36.7 Å². The highest BCUT2D eigenvalue weighted by molar-refractivity contribution is 6.39. The van der Waals surface area contributed by atoms with Crippen LogP contribution in [0.25, 0.3) is 0 Å². The van der Waals surface area contributed by atoms with Gasteiger partial charge in [-0.25, -0.2) is 4.98 Å². The van der Waals surface area contributed by atoms with Crippen molar-refractivity contribution in [1.29, 1.82) is 0 Å². The largest absolute Gasteiger partial charge is 0.382 e. The van der Waals surface area contributed by atoms with E-state index in [0.29, 0.717) is 15.7 Å². The Kier molecular flexibility index (Phi) is 5.91. The Labute approximate surface area is 135 Å². The minimum Gasteiger partial charge on any atom is -0.382 e. The first kappa shape index (κ1) is 16.1. The summed E-state index contributed by atoms with van der Waals surface area (Å²) in [7, 11) is 0. The van der Waals surface area contributed by atoms with E-state index >= 15 is 0 Å². The van der Waals surface area contributed by atoms with Crippen molar-refractivity contribution in [2.45, 2.75) is 26.8 Å². The lowest BCUT2D eigenvalue weighted by molar-refractivity contribution is 0.142. The van der Waals surface area contributed by atoms with Crippen molar-refractivity contribution in [2.75, 3.05) is 18.5 Å². The van der Waals surface area contributed by atoms with Gasteiger partial charge in [-0.15, -0.1) is 0 Å². The topological polar surface area (TPSA) is 39.1 Å². The fraction of sp³-hybridized carbons (Fsp3) is 0.400. The minimum atomic E-state index is 0.578. The van der Waals surface area contributed by atoms with Crippen LogP contribution in [0.1, 0.15) is 18.9 Å². The zero-order valence-electron chi connectivity index (χ0n) is 12.2. The molecular formula is C15H19Cl2N3O. The Bertz CT molecular complexity index is 599. The predicted octanol–water partition coefficient (Wildman–Crippen LogP) is 4.67. The Balaban J connectivity index is 2.10. The monoisotopic (exact) mass is 327 g/mol. The first-order chi connectivity index (χ1) is 10.1. The van der Waals surface area contributed by atoms with E-state index in [2.05, 4.69) is 10.3 Å². The molecule has 0 fully saturated rings. The molecule has 0 bridgehead atoms. The van der Waals surface area contributed by atoms with Gasteiger partial charge in [-0.3, -0.25) is 0 Å². The van der Waals surface area contributed by atoms with Crippen molar-refractivity contribution < 1.29 is 4.74 Å². The number of aryl methyl sites for hydroxylation is 2. The number of nitrogens with zero attached hydrogens (tertiary/aromatic N) is 2. The van der Waals surface area contributed by atoms with Gasteiger partial charge in [0.25, 0.3) is 0 Å². The van der Waals surface area contributed by atoms with Gasteiger partial charge in [-0.05, 0) is 31.9 Å². The van der Waals surface area contributed by atoms with Gasteiger partial charge in [0, 0.05) is 32.2 Å². The number of imidazole rings is 1. The molecule has 0 aliphatic rings. The van der Waals surface area contributed by atoms with E-state index in [1.165, 1.54) is 0 Å². The smallest absolute Gasteiger partial charge is 0.207 e. The second-order valence-electron chi connectivity index (χ2n) is 4.67. The summed E-state index contributed by atoms with van der Waals surface area (Å²) in [6, 6.07) is 3.72. The van der Waals surface area contributed by atoms with Crippen molar-refractivity contribution in [3.8, 4) is 0 Å². The lowest BCUT2D eigenvalue weighted by Gasteiger charge is -2.13. The van der Waals surface area contributed by atoms with Crippen LogP contribution in [-0.2, 0) is 11.3 Å². The molecule has 0 amide bonds. The first-order valence-electron chi connectivity index (χ1n) is 6.94. The van der Waals surface area contributed by atoms with Gasteiger partial charge in [0.15, 0.2) is 0 Å². The zero-order valence-corrected chi connectivity index (χ0v) is 13.7. The third kappa shape index (κ3) is 4.13. The fourth-order valence-electron chi connectivity index (χ4n) is 1.98. The van der Waals surface area contributed by atoms with E-state index in [9.17, 15) is 0 Å². The highest BCUT2D eigenvalue weighted by Crippen LogP contribution is 2.34. The van der Waals surface area contributed by atoms with Crippen LogP contribution < -0.4 is 5.32 Å². The van der Waals surface area contributed by atoms with Gasteiger partial charge in [-0.2, -0.15) is 0 Å². The average Bonchev–Trinajstić information content (AvgIpc) is 2.91. The Hall–Kier alpha value is -1.23. The second-order valence-corrected chi connectivity index (χ2v) is 5.46. The van der Waals surface area contributed by atoms with Gasteiger partial charge in [0.05, 0.1) is 15.7 Å². The standard InChI is InChI=1S/C15H19Cl2N3O/c1-3-21-10-4-8-20-9-7-18-15(20)19-14-12(16)6-5-11(2)13(14)17/h5-7,9H,3-4,8,10H2,1-2H3,(H,18,19). The van der Waals surface area contributed by atoms with Gasteiger partial charge in [0.1, 0.15) is 0 Å². The number of hydrogen-bond donors (Lipinski definition) is 1. The molecule has 1 aromatic heterocycles. The van der Waals surface area contributed by atoms with Crippen LogP contribution in [0.5, 0.6) is 0 Å². The molecule has 0 saturated carbocycles. The molecule has 0 aliphatic carbocycles.